The molecular weight excluding hydrogens is 260 g/mol. The third-order valence-electron chi connectivity index (χ3n) is 4.71. The number of hydrogen-bond acceptors (Lipinski definition) is 2. The second-order valence-corrected chi connectivity index (χ2v) is 6.70. The van der Waals surface area contributed by atoms with Gasteiger partial charge >= 0.3 is 0 Å². The van der Waals surface area contributed by atoms with Gasteiger partial charge in [-0.2, -0.15) is 0 Å². The average molecular weight is 286 g/mol. The van der Waals surface area contributed by atoms with Crippen LogP contribution in [0, 0.1) is 19.8 Å². The summed E-state index contributed by atoms with van der Waals surface area (Å²) in [6.07, 6.45) is 4.60. The number of aryl methyl sites for hydroxylation is 2. The largest absolute Gasteiger partial charge is 0.321 e. The SMILES string of the molecule is CCCC1NC(c2cc(C)ccc2C)N(CC2CC2)C1=O. The van der Waals surface area contributed by atoms with Gasteiger partial charge < -0.3 is 4.90 Å². The zero-order valence-corrected chi connectivity index (χ0v) is 13.4. The van der Waals surface area contributed by atoms with Crippen molar-refractivity contribution in [1.82, 2.24) is 10.2 Å². The molecule has 0 bridgehead atoms. The van der Waals surface area contributed by atoms with E-state index in [4.69, 9.17) is 0 Å². The molecule has 2 aliphatic rings. The van der Waals surface area contributed by atoms with Crippen molar-refractivity contribution in [3.05, 3.63) is 34.9 Å². The number of nitrogens with one attached hydrogen (secondary N) is 1. The molecule has 1 saturated carbocycles. The third kappa shape index (κ3) is 2.98. The number of carbonyl (C=O) groups is 1. The van der Waals surface area contributed by atoms with Gasteiger partial charge in [0.25, 0.3) is 0 Å². The monoisotopic (exact) mass is 286 g/mol. The van der Waals surface area contributed by atoms with Gasteiger partial charge in [-0.15, -0.1) is 0 Å². The topological polar surface area (TPSA) is 32.3 Å². The summed E-state index contributed by atoms with van der Waals surface area (Å²) in [5.41, 5.74) is 3.79. The van der Waals surface area contributed by atoms with Gasteiger partial charge in [0.2, 0.25) is 5.91 Å². The number of amides is 1. The fraction of sp³-hybridized carbons (Fsp3) is 0.611. The molecule has 3 heteroatoms. The molecule has 3 rings (SSSR count). The lowest BCUT2D eigenvalue weighted by molar-refractivity contribution is -0.130. The highest BCUT2D eigenvalue weighted by Crippen LogP contribution is 2.36. The van der Waals surface area contributed by atoms with Crippen LogP contribution < -0.4 is 5.32 Å². The van der Waals surface area contributed by atoms with Gasteiger partial charge in [-0.3, -0.25) is 10.1 Å². The Morgan fingerprint density at radius 2 is 2.05 bits per heavy atom. The summed E-state index contributed by atoms with van der Waals surface area (Å²) in [6.45, 7) is 7.33. The second-order valence-electron chi connectivity index (χ2n) is 6.70. The summed E-state index contributed by atoms with van der Waals surface area (Å²) in [7, 11) is 0. The van der Waals surface area contributed by atoms with E-state index in [1.807, 2.05) is 0 Å². The fourth-order valence-corrected chi connectivity index (χ4v) is 3.26. The number of rotatable bonds is 5. The Bertz CT molecular complexity index is 536. The van der Waals surface area contributed by atoms with Crippen molar-refractivity contribution in [3.63, 3.8) is 0 Å². The average Bonchev–Trinajstić information content (AvgIpc) is 3.22. The van der Waals surface area contributed by atoms with E-state index >= 15 is 0 Å². The minimum atomic E-state index is -0.00124. The molecule has 21 heavy (non-hydrogen) atoms. The summed E-state index contributed by atoms with van der Waals surface area (Å²) in [5, 5.41) is 3.59. The Morgan fingerprint density at radius 1 is 1.29 bits per heavy atom. The Hall–Kier alpha value is -1.35. The summed E-state index contributed by atoms with van der Waals surface area (Å²) in [6, 6.07) is 6.54. The molecule has 1 aliphatic heterocycles. The Kier molecular flexibility index (Phi) is 4.03. The molecule has 2 unspecified atom stereocenters. The van der Waals surface area contributed by atoms with Crippen molar-refractivity contribution >= 4 is 5.91 Å². The van der Waals surface area contributed by atoms with Crippen molar-refractivity contribution in [1.29, 1.82) is 0 Å². The molecule has 0 radical (unpaired) electrons. The molecule has 114 valence electrons. The quantitative estimate of drug-likeness (QED) is 0.900. The molecule has 0 aromatic heterocycles. The van der Waals surface area contributed by atoms with Gasteiger partial charge in [0, 0.05) is 6.54 Å². The maximum atomic E-state index is 12.7. The lowest BCUT2D eigenvalue weighted by atomic mass is 10.0. The minimum absolute atomic E-state index is 0.00124. The molecule has 1 heterocycles. The molecule has 1 saturated heterocycles. The van der Waals surface area contributed by atoms with Crippen LogP contribution in [0.25, 0.3) is 0 Å². The zero-order chi connectivity index (χ0) is 15.0. The molecule has 1 amide bonds. The minimum Gasteiger partial charge on any atom is -0.321 e. The summed E-state index contributed by atoms with van der Waals surface area (Å²) < 4.78 is 0. The van der Waals surface area contributed by atoms with Crippen molar-refractivity contribution in [3.8, 4) is 0 Å². The number of hydrogen-bond donors (Lipinski definition) is 1. The first-order valence-electron chi connectivity index (χ1n) is 8.23. The van der Waals surface area contributed by atoms with Gasteiger partial charge in [0.15, 0.2) is 0 Å². The third-order valence-corrected chi connectivity index (χ3v) is 4.71. The van der Waals surface area contributed by atoms with Gasteiger partial charge in [-0.25, -0.2) is 0 Å². The normalized spacial score (nSPS) is 25.7. The van der Waals surface area contributed by atoms with Crippen LogP contribution in [-0.4, -0.2) is 23.4 Å². The van der Waals surface area contributed by atoms with E-state index in [0.717, 1.165) is 25.3 Å². The van der Waals surface area contributed by atoms with E-state index in [9.17, 15) is 4.79 Å². The van der Waals surface area contributed by atoms with E-state index in [0.29, 0.717) is 5.91 Å². The number of benzene rings is 1. The predicted octanol–water partition coefficient (Wildman–Crippen LogP) is 3.31. The van der Waals surface area contributed by atoms with Crippen molar-refractivity contribution in [2.75, 3.05) is 6.54 Å². The lowest BCUT2D eigenvalue weighted by Crippen LogP contribution is -2.33. The first-order chi connectivity index (χ1) is 10.1. The highest BCUT2D eigenvalue weighted by Gasteiger charge is 2.41. The van der Waals surface area contributed by atoms with Crippen LogP contribution in [-0.2, 0) is 4.79 Å². The van der Waals surface area contributed by atoms with Crippen LogP contribution in [0.5, 0.6) is 0 Å². The van der Waals surface area contributed by atoms with Crippen LogP contribution in [0.2, 0.25) is 0 Å². The molecular formula is C18H26N2O. The highest BCUT2D eigenvalue weighted by atomic mass is 16.2. The molecule has 1 aliphatic carbocycles. The predicted molar refractivity (Wildman–Crippen MR) is 84.9 cm³/mol. The molecule has 2 fully saturated rings. The van der Waals surface area contributed by atoms with Crippen LogP contribution >= 0.6 is 0 Å². The van der Waals surface area contributed by atoms with Crippen LogP contribution in [0.1, 0.15) is 55.5 Å². The second kappa shape index (κ2) is 5.80. The Balaban J connectivity index is 1.89. The molecule has 1 N–H and O–H groups in total. The summed E-state index contributed by atoms with van der Waals surface area (Å²) in [4.78, 5) is 14.8. The zero-order valence-electron chi connectivity index (χ0n) is 13.4. The molecule has 3 nitrogen and oxygen atoms in total. The highest BCUT2D eigenvalue weighted by molar-refractivity contribution is 5.84. The van der Waals surface area contributed by atoms with Gasteiger partial charge in [0.05, 0.1) is 6.04 Å². The Labute approximate surface area is 127 Å². The maximum absolute atomic E-state index is 12.7. The standard InChI is InChI=1S/C18H26N2O/c1-4-5-16-18(21)20(11-14-8-9-14)17(19-16)15-10-12(2)6-7-13(15)3/h6-7,10,14,16-17,19H,4-5,8-9,11H2,1-3H3. The van der Waals surface area contributed by atoms with E-state index in [1.165, 1.54) is 29.5 Å². The fourth-order valence-electron chi connectivity index (χ4n) is 3.26. The van der Waals surface area contributed by atoms with Crippen molar-refractivity contribution in [2.24, 2.45) is 5.92 Å². The molecule has 2 atom stereocenters. The lowest BCUT2D eigenvalue weighted by Gasteiger charge is -2.26. The van der Waals surface area contributed by atoms with Crippen LogP contribution in [0.15, 0.2) is 18.2 Å². The van der Waals surface area contributed by atoms with E-state index in [2.05, 4.69) is 49.2 Å². The number of nitrogens with zero attached hydrogens (tertiary/aromatic N) is 1. The van der Waals surface area contributed by atoms with Gasteiger partial charge in [-0.05, 0) is 50.2 Å². The first kappa shape index (κ1) is 14.6. The molecule has 1 aromatic carbocycles. The number of carbonyl (C=O) groups excluding carboxylic acids is 1. The van der Waals surface area contributed by atoms with Gasteiger partial charge in [0.1, 0.15) is 6.17 Å². The van der Waals surface area contributed by atoms with Gasteiger partial charge in [-0.1, -0.05) is 37.1 Å². The van der Waals surface area contributed by atoms with E-state index in [-0.39, 0.29) is 12.2 Å². The smallest absolute Gasteiger partial charge is 0.241 e. The summed E-state index contributed by atoms with van der Waals surface area (Å²) >= 11 is 0. The maximum Gasteiger partial charge on any atom is 0.241 e. The Morgan fingerprint density at radius 3 is 2.71 bits per heavy atom. The van der Waals surface area contributed by atoms with Crippen LogP contribution in [0.4, 0.5) is 0 Å². The molecule has 1 aromatic rings. The summed E-state index contributed by atoms with van der Waals surface area (Å²) in [5.74, 6) is 1.03. The molecule has 0 spiro atoms. The first-order valence-corrected chi connectivity index (χ1v) is 8.23. The van der Waals surface area contributed by atoms with E-state index in [1.54, 1.807) is 0 Å². The van der Waals surface area contributed by atoms with Crippen molar-refractivity contribution < 1.29 is 4.79 Å². The van der Waals surface area contributed by atoms with Crippen molar-refractivity contribution in [2.45, 2.75) is 58.7 Å². The van der Waals surface area contributed by atoms with E-state index < -0.39 is 0 Å². The van der Waals surface area contributed by atoms with Crippen LogP contribution in [0.3, 0.4) is 0 Å².